The number of ether oxygens (including phenoxy) is 2. The molecular weight excluding hydrogens is 592 g/mol. The largest absolute Gasteiger partial charge is 0.385 e. The molecule has 2 N–H and O–H groups in total. The third-order valence-corrected chi connectivity index (χ3v) is 10.5. The van der Waals surface area contributed by atoms with E-state index in [0.717, 1.165) is 25.0 Å². The maximum absolute atomic E-state index is 5.09. The number of nitrogens with one attached hydrogen (secondary N) is 2. The summed E-state index contributed by atoms with van der Waals surface area (Å²) in [5.41, 5.74) is 9.19. The first-order chi connectivity index (χ1) is 23.8. The molecule has 4 rings (SSSR count). The normalized spacial score (nSPS) is 23.0. The Kier molecular flexibility index (Phi) is 30.1. The molecule has 0 aromatic rings. The molecule has 48 heavy (non-hydrogen) atoms. The molecule has 4 aliphatic rings. The maximum Gasteiger partial charge on any atom is 0.0462 e. The summed E-state index contributed by atoms with van der Waals surface area (Å²) in [7, 11) is 3.59. The Bertz CT molecular complexity index is 839. The Labute approximate surface area is 298 Å². The predicted molar refractivity (Wildman–Crippen MR) is 211 cm³/mol. The monoisotopic (exact) mass is 673 g/mol. The molecule has 0 saturated heterocycles. The van der Waals surface area contributed by atoms with E-state index in [1.54, 1.807) is 25.4 Å². The number of fused-ring (bicyclic) bond motifs is 2. The number of methoxy groups -OCH3 is 2. The first-order valence-electron chi connectivity index (χ1n) is 20.7. The van der Waals surface area contributed by atoms with Crippen molar-refractivity contribution in [2.75, 3.05) is 27.4 Å². The minimum Gasteiger partial charge on any atom is -0.385 e. The van der Waals surface area contributed by atoms with Crippen LogP contribution in [0.4, 0.5) is 0 Å². The average molecular weight is 673 g/mol. The van der Waals surface area contributed by atoms with Gasteiger partial charge in [0.1, 0.15) is 0 Å². The van der Waals surface area contributed by atoms with Crippen LogP contribution >= 0.6 is 0 Å². The van der Waals surface area contributed by atoms with Crippen LogP contribution in [0.2, 0.25) is 0 Å². The summed E-state index contributed by atoms with van der Waals surface area (Å²) in [5.74, 6) is 3.15. The fraction of sp³-hybridized carbons (Fsp3) is 0.857. The molecule has 280 valence electrons. The molecule has 0 amide bonds. The third kappa shape index (κ3) is 21.4. The van der Waals surface area contributed by atoms with E-state index in [4.69, 9.17) is 9.47 Å². The fourth-order valence-electron chi connectivity index (χ4n) is 7.59. The van der Waals surface area contributed by atoms with Crippen molar-refractivity contribution in [3.63, 3.8) is 0 Å². The lowest BCUT2D eigenvalue weighted by Crippen LogP contribution is -2.19. The zero-order chi connectivity index (χ0) is 34.9. The first kappa shape index (κ1) is 44.4. The molecule has 2 fully saturated rings. The fourth-order valence-corrected chi connectivity index (χ4v) is 7.59. The van der Waals surface area contributed by atoms with E-state index in [0.29, 0.717) is 11.8 Å². The second-order valence-corrected chi connectivity index (χ2v) is 13.9. The molecular formula is C42H80N4O2. The van der Waals surface area contributed by atoms with Crippen molar-refractivity contribution in [1.82, 2.24) is 10.9 Å². The van der Waals surface area contributed by atoms with Crippen molar-refractivity contribution >= 4 is 12.4 Å². The van der Waals surface area contributed by atoms with E-state index in [9.17, 15) is 0 Å². The van der Waals surface area contributed by atoms with Gasteiger partial charge in [-0.05, 0) is 80.8 Å². The standard InChI is InChI=1S/2C19H34N2O.2C2H6/c2*1-22-14-7-5-3-2-4-6-9-17-10-8-11-18-15-20-21-16-19(18)13-12-17;2*1-2/h15-17,19-20H,2-14H2,1H3;15-18,21H,2-14H2,1H3;2*1-2H3. The number of unbranched alkanes of at least 4 members (excludes halogenated alkanes) is 10. The van der Waals surface area contributed by atoms with Gasteiger partial charge in [0.25, 0.3) is 0 Å². The van der Waals surface area contributed by atoms with Crippen LogP contribution in [-0.2, 0) is 9.47 Å². The summed E-state index contributed by atoms with van der Waals surface area (Å²) in [4.78, 5) is 0. The lowest BCUT2D eigenvalue weighted by atomic mass is 9.81. The van der Waals surface area contributed by atoms with E-state index in [1.165, 1.54) is 154 Å². The van der Waals surface area contributed by atoms with Crippen LogP contribution in [0.5, 0.6) is 0 Å². The highest BCUT2D eigenvalue weighted by atomic mass is 16.5. The molecule has 2 saturated carbocycles. The van der Waals surface area contributed by atoms with Crippen molar-refractivity contribution in [3.05, 3.63) is 23.5 Å². The number of rotatable bonds is 18. The molecule has 2 aliphatic carbocycles. The zero-order valence-corrected chi connectivity index (χ0v) is 32.7. The van der Waals surface area contributed by atoms with Crippen LogP contribution in [-0.4, -0.2) is 39.9 Å². The van der Waals surface area contributed by atoms with Crippen molar-refractivity contribution in [2.24, 2.45) is 33.9 Å². The van der Waals surface area contributed by atoms with Gasteiger partial charge in [-0.1, -0.05) is 124 Å². The topological polar surface area (TPSA) is 67.2 Å². The summed E-state index contributed by atoms with van der Waals surface area (Å²) in [6.45, 7) is 9.86. The highest BCUT2D eigenvalue weighted by Crippen LogP contribution is 2.33. The molecule has 6 heteroatoms. The summed E-state index contributed by atoms with van der Waals surface area (Å²) in [6.07, 6.45) is 41.3. The summed E-state index contributed by atoms with van der Waals surface area (Å²) in [5, 5.41) is 8.41. The third-order valence-electron chi connectivity index (χ3n) is 10.5. The summed E-state index contributed by atoms with van der Waals surface area (Å²) < 4.78 is 10.2. The molecule has 2 aliphatic heterocycles. The zero-order valence-electron chi connectivity index (χ0n) is 32.7. The van der Waals surface area contributed by atoms with Gasteiger partial charge in [-0.25, -0.2) is 0 Å². The number of nitrogens with zero attached hydrogens (tertiary/aromatic N) is 2. The Hall–Kier alpha value is -1.66. The van der Waals surface area contributed by atoms with E-state index < -0.39 is 0 Å². The van der Waals surface area contributed by atoms with Gasteiger partial charge in [0, 0.05) is 64.1 Å². The maximum atomic E-state index is 5.09. The molecule has 0 radical (unpaired) electrons. The molecule has 0 aromatic carbocycles. The van der Waals surface area contributed by atoms with Crippen molar-refractivity contribution in [3.8, 4) is 0 Å². The minimum atomic E-state index is 0.616. The van der Waals surface area contributed by atoms with E-state index in [2.05, 4.69) is 45.9 Å². The Morgan fingerprint density at radius 1 is 0.521 bits per heavy atom. The van der Waals surface area contributed by atoms with Gasteiger partial charge in [-0.2, -0.15) is 10.2 Å². The summed E-state index contributed by atoms with van der Waals surface area (Å²) in [6, 6.07) is 0. The van der Waals surface area contributed by atoms with Gasteiger partial charge in [0.2, 0.25) is 0 Å². The number of hydrazone groups is 2. The van der Waals surface area contributed by atoms with Crippen LogP contribution in [0.25, 0.3) is 0 Å². The highest BCUT2D eigenvalue weighted by molar-refractivity contribution is 5.66. The van der Waals surface area contributed by atoms with Crippen molar-refractivity contribution < 1.29 is 9.47 Å². The predicted octanol–water partition coefficient (Wildman–Crippen LogP) is 12.1. The van der Waals surface area contributed by atoms with E-state index in [-0.39, 0.29) is 0 Å². The number of hydrogen-bond donors (Lipinski definition) is 2. The Morgan fingerprint density at radius 2 is 0.979 bits per heavy atom. The van der Waals surface area contributed by atoms with Crippen LogP contribution in [0, 0.1) is 23.7 Å². The SMILES string of the molecule is CC.CC.COCCCCCCCCC1CCCC2=CNN=CC2CC1.COCCCCCCCCC1CCCC2C=NNC=C2CC1. The Morgan fingerprint density at radius 3 is 1.54 bits per heavy atom. The van der Waals surface area contributed by atoms with Gasteiger partial charge in [0.05, 0.1) is 0 Å². The van der Waals surface area contributed by atoms with Gasteiger partial charge in [0.15, 0.2) is 0 Å². The molecule has 4 atom stereocenters. The lowest BCUT2D eigenvalue weighted by molar-refractivity contribution is 0.192. The number of hydrogen-bond acceptors (Lipinski definition) is 6. The molecule has 0 spiro atoms. The average Bonchev–Trinajstić information content (AvgIpc) is 3.11. The van der Waals surface area contributed by atoms with Gasteiger partial charge < -0.3 is 9.47 Å². The van der Waals surface area contributed by atoms with Crippen LogP contribution < -0.4 is 10.9 Å². The molecule has 6 nitrogen and oxygen atoms in total. The van der Waals surface area contributed by atoms with Crippen LogP contribution in [0.1, 0.15) is 182 Å². The second-order valence-electron chi connectivity index (χ2n) is 13.9. The van der Waals surface area contributed by atoms with Gasteiger partial charge in [-0.15, -0.1) is 0 Å². The number of allylic oxidation sites excluding steroid dienone is 2. The quantitative estimate of drug-likeness (QED) is 0.142. The lowest BCUT2D eigenvalue weighted by Gasteiger charge is -2.26. The molecule has 0 aromatic heterocycles. The van der Waals surface area contributed by atoms with Gasteiger partial charge >= 0.3 is 0 Å². The second kappa shape index (κ2) is 32.5. The van der Waals surface area contributed by atoms with E-state index in [1.807, 2.05) is 27.7 Å². The summed E-state index contributed by atoms with van der Waals surface area (Å²) >= 11 is 0. The van der Waals surface area contributed by atoms with Crippen LogP contribution in [0.3, 0.4) is 0 Å². The smallest absolute Gasteiger partial charge is 0.0462 e. The molecule has 0 bridgehead atoms. The molecule has 2 heterocycles. The minimum absolute atomic E-state index is 0.616. The van der Waals surface area contributed by atoms with E-state index >= 15 is 0 Å². The molecule has 4 unspecified atom stereocenters. The Balaban J connectivity index is 0.000000435. The van der Waals surface area contributed by atoms with Crippen LogP contribution in [0.15, 0.2) is 33.7 Å². The highest BCUT2D eigenvalue weighted by Gasteiger charge is 2.22. The van der Waals surface area contributed by atoms with Gasteiger partial charge in [-0.3, -0.25) is 10.9 Å². The van der Waals surface area contributed by atoms with Crippen molar-refractivity contribution in [2.45, 2.75) is 182 Å². The first-order valence-corrected chi connectivity index (χ1v) is 20.7. The van der Waals surface area contributed by atoms with Crippen molar-refractivity contribution in [1.29, 1.82) is 0 Å².